The van der Waals surface area contributed by atoms with Crippen LogP contribution in [0.25, 0.3) is 0 Å². The van der Waals surface area contributed by atoms with Gasteiger partial charge in [0.15, 0.2) is 0 Å². The molecule has 0 fully saturated rings. The van der Waals surface area contributed by atoms with Gasteiger partial charge in [-0.15, -0.1) is 0 Å². The first kappa shape index (κ1) is 20.5. The molecule has 0 saturated heterocycles. The van der Waals surface area contributed by atoms with Crippen molar-refractivity contribution >= 4 is 28.8 Å². The number of hydrogen-bond acceptors (Lipinski definition) is 1. The second-order valence-electron chi connectivity index (χ2n) is 9.55. The number of hydrogen-bond donors (Lipinski definition) is 0. The topological polar surface area (TPSA) is 0 Å². The molecule has 0 aliphatic heterocycles. The van der Waals surface area contributed by atoms with Gasteiger partial charge in [-0.05, 0) is 0 Å². The molecule has 0 aliphatic carbocycles. The van der Waals surface area contributed by atoms with Crippen LogP contribution in [-0.4, -0.2) is 20.3 Å². The van der Waals surface area contributed by atoms with Gasteiger partial charge in [0.1, 0.15) is 0 Å². The molecule has 0 spiro atoms. The first-order valence-corrected chi connectivity index (χ1v) is 20.2. The predicted octanol–water partition coefficient (Wildman–Crippen LogP) is 6.92. The fraction of sp³-hybridized carbons (Fsp3) is 0.700. The van der Waals surface area contributed by atoms with E-state index in [-0.39, 0.29) is 16.2 Å². The van der Waals surface area contributed by atoms with E-state index in [0.717, 1.165) is 0 Å². The van der Waals surface area contributed by atoms with Crippen molar-refractivity contribution in [2.45, 2.75) is 92.7 Å². The molecule has 0 N–H and O–H groups in total. The van der Waals surface area contributed by atoms with Gasteiger partial charge in [-0.2, -0.15) is 0 Å². The van der Waals surface area contributed by atoms with Crippen molar-refractivity contribution in [3.05, 3.63) is 28.8 Å². The molecule has 0 heterocycles. The van der Waals surface area contributed by atoms with Gasteiger partial charge in [-0.25, -0.2) is 0 Å². The summed E-state index contributed by atoms with van der Waals surface area (Å²) < 4.78 is 4.99. The van der Waals surface area contributed by atoms with Crippen molar-refractivity contribution in [2.24, 2.45) is 0 Å². The Bertz CT molecular complexity index is 487. The maximum absolute atomic E-state index is 2.50. The zero-order valence-electron chi connectivity index (χ0n) is 16.5. The van der Waals surface area contributed by atoms with Crippen LogP contribution < -0.4 is 0 Å². The van der Waals surface area contributed by atoms with Crippen molar-refractivity contribution in [2.75, 3.05) is 0 Å². The Labute approximate surface area is 149 Å². The summed E-state index contributed by atoms with van der Waals surface area (Å²) in [6.07, 6.45) is 0. The Hall–Kier alpha value is 0.453. The van der Waals surface area contributed by atoms with Crippen LogP contribution in [0.4, 0.5) is 0 Å². The molecule has 0 radical (unpaired) electrons. The van der Waals surface area contributed by atoms with Crippen LogP contribution in [0.3, 0.4) is 0 Å². The molecule has 0 bridgehead atoms. The van der Waals surface area contributed by atoms with Crippen LogP contribution in [-0.2, 0) is 16.2 Å². The first-order chi connectivity index (χ1) is 9.64. The fourth-order valence-electron chi connectivity index (χ4n) is 2.46. The fourth-order valence-corrected chi connectivity index (χ4v) is 10.3. The van der Waals surface area contributed by atoms with E-state index in [1.807, 2.05) is 0 Å². The summed E-state index contributed by atoms with van der Waals surface area (Å²) >= 11 is -1.36. The summed E-state index contributed by atoms with van der Waals surface area (Å²) in [5.41, 5.74) is 5.18. The summed E-state index contributed by atoms with van der Waals surface area (Å²) in [6, 6.07) is 4.98. The summed E-state index contributed by atoms with van der Waals surface area (Å²) in [4.78, 5) is 1.59. The molecule has 0 nitrogen and oxygen atoms in total. The molecule has 2 heteroatoms. The molecule has 0 atom stereocenters. The number of benzene rings is 1. The second kappa shape index (κ2) is 6.75. The van der Waals surface area contributed by atoms with Gasteiger partial charge < -0.3 is 0 Å². The molecule has 22 heavy (non-hydrogen) atoms. The molecule has 1 rings (SSSR count). The van der Waals surface area contributed by atoms with Crippen LogP contribution in [0.15, 0.2) is 17.0 Å². The first-order valence-electron chi connectivity index (χ1n) is 8.19. The zero-order valence-corrected chi connectivity index (χ0v) is 20.8. The Morgan fingerprint density at radius 3 is 1.27 bits per heavy atom. The van der Waals surface area contributed by atoms with E-state index in [4.69, 9.17) is 0 Å². The third kappa shape index (κ3) is 5.23. The van der Waals surface area contributed by atoms with Crippen molar-refractivity contribution in [1.82, 2.24) is 0 Å². The maximum atomic E-state index is 2.50. The molecular formula is C20H35BiS. The molecule has 0 saturated carbocycles. The van der Waals surface area contributed by atoms with E-state index in [2.05, 4.69) is 92.2 Å². The van der Waals surface area contributed by atoms with E-state index >= 15 is 0 Å². The molecule has 1 aromatic carbocycles. The molecule has 0 aromatic heterocycles. The normalized spacial score (nSPS) is 13.8. The van der Waals surface area contributed by atoms with E-state index in [9.17, 15) is 0 Å². The van der Waals surface area contributed by atoms with Gasteiger partial charge in [-0.1, -0.05) is 0 Å². The van der Waals surface area contributed by atoms with Crippen molar-refractivity contribution in [3.8, 4) is 0 Å². The summed E-state index contributed by atoms with van der Waals surface area (Å²) in [7, 11) is 2.23. The van der Waals surface area contributed by atoms with Crippen LogP contribution in [0.1, 0.15) is 79.0 Å². The van der Waals surface area contributed by atoms with Gasteiger partial charge in [0, 0.05) is 0 Å². The standard InChI is InChI=1S/C18H30S.2CH3.Bi/c1-16(2,3)12-10-13(17(4,5)6)15(19)14(11-12)18(7,8)9;;;/h10-11,19H,1-9H3;2*1H3;/q;;;+1/p-1. The Morgan fingerprint density at radius 1 is 0.682 bits per heavy atom. The SMILES string of the molecule is [CH3][Bi]([CH3])[S]c1c(C(C)(C)C)cc(C(C)(C)C)cc1C(C)(C)C. The second-order valence-corrected chi connectivity index (χ2v) is 25.0. The molecule has 1 aromatic rings. The van der Waals surface area contributed by atoms with Gasteiger partial charge in [0.2, 0.25) is 0 Å². The van der Waals surface area contributed by atoms with Gasteiger partial charge in [-0.3, -0.25) is 0 Å². The molecule has 126 valence electrons. The van der Waals surface area contributed by atoms with E-state index in [1.165, 1.54) is 5.56 Å². The van der Waals surface area contributed by atoms with Crippen molar-refractivity contribution in [1.29, 1.82) is 0 Å². The quantitative estimate of drug-likeness (QED) is 0.385. The molecular weight excluding hydrogens is 481 g/mol. The zero-order chi connectivity index (χ0) is 17.5. The van der Waals surface area contributed by atoms with Crippen LogP contribution in [0.2, 0.25) is 9.26 Å². The van der Waals surface area contributed by atoms with E-state index in [0.29, 0.717) is 0 Å². The van der Waals surface area contributed by atoms with Crippen LogP contribution in [0.5, 0.6) is 0 Å². The Kier molecular flexibility index (Phi) is 6.29. The minimum absolute atomic E-state index is 0.198. The van der Waals surface area contributed by atoms with E-state index < -0.39 is 20.3 Å². The molecule has 0 amide bonds. The van der Waals surface area contributed by atoms with E-state index in [1.54, 1.807) is 16.0 Å². The summed E-state index contributed by atoms with van der Waals surface area (Å²) in [6.45, 7) is 21.2. The Balaban J connectivity index is 3.78. The predicted molar refractivity (Wildman–Crippen MR) is 106 cm³/mol. The van der Waals surface area contributed by atoms with Crippen molar-refractivity contribution in [3.63, 3.8) is 0 Å². The monoisotopic (exact) mass is 516 g/mol. The van der Waals surface area contributed by atoms with Gasteiger partial charge in [0.25, 0.3) is 0 Å². The van der Waals surface area contributed by atoms with Crippen LogP contribution >= 0.6 is 8.52 Å². The number of rotatable bonds is 2. The summed E-state index contributed by atoms with van der Waals surface area (Å²) in [5.74, 6) is 0. The van der Waals surface area contributed by atoms with Crippen LogP contribution in [0, 0.1) is 0 Å². The minimum atomic E-state index is -1.36. The molecule has 0 unspecified atom stereocenters. The Morgan fingerprint density at radius 2 is 1.05 bits per heavy atom. The summed E-state index contributed by atoms with van der Waals surface area (Å²) in [5, 5.41) is 0. The third-order valence-electron chi connectivity index (χ3n) is 3.84. The molecule has 0 aliphatic rings. The van der Waals surface area contributed by atoms with Crippen molar-refractivity contribution < 1.29 is 0 Å². The average molecular weight is 517 g/mol. The average Bonchev–Trinajstić information content (AvgIpc) is 2.23. The van der Waals surface area contributed by atoms with Gasteiger partial charge >= 0.3 is 150 Å². The third-order valence-corrected chi connectivity index (χ3v) is 11.2. The van der Waals surface area contributed by atoms with Gasteiger partial charge in [0.05, 0.1) is 0 Å².